The third kappa shape index (κ3) is 7.54. The molecule has 2 atom stereocenters. The third-order valence-electron chi connectivity index (χ3n) is 2.19. The van der Waals surface area contributed by atoms with Crippen LogP contribution in [0.4, 0.5) is 0 Å². The van der Waals surface area contributed by atoms with Crippen LogP contribution in [0.15, 0.2) is 12.4 Å². The molecular formula is C12H22N2O4S2. The van der Waals surface area contributed by atoms with Gasteiger partial charge in [0.15, 0.2) is 0 Å². The molecule has 0 aromatic heterocycles. The van der Waals surface area contributed by atoms with Gasteiger partial charge in [-0.15, -0.1) is 0 Å². The Morgan fingerprint density at radius 2 is 1.30 bits per heavy atom. The van der Waals surface area contributed by atoms with Crippen molar-refractivity contribution >= 4 is 37.2 Å². The van der Waals surface area contributed by atoms with Crippen LogP contribution in [0.5, 0.6) is 0 Å². The molecule has 2 N–H and O–H groups in total. The molecule has 0 heterocycles. The van der Waals surface area contributed by atoms with Gasteiger partial charge in [0, 0.05) is 23.9 Å². The number of hydrogen-bond acceptors (Lipinski definition) is 8. The minimum absolute atomic E-state index is 0.303. The second kappa shape index (κ2) is 11.8. The van der Waals surface area contributed by atoms with Gasteiger partial charge in [0.2, 0.25) is 0 Å². The van der Waals surface area contributed by atoms with Gasteiger partial charge >= 0.3 is 11.9 Å². The molecule has 0 bridgehead atoms. The molecule has 0 aliphatic heterocycles. The summed E-state index contributed by atoms with van der Waals surface area (Å²) in [6, 6.07) is -1.07. The second-order valence-electron chi connectivity index (χ2n) is 3.64. The van der Waals surface area contributed by atoms with Gasteiger partial charge in [0.25, 0.3) is 0 Å². The lowest BCUT2D eigenvalue weighted by molar-refractivity contribution is -0.145. The largest absolute Gasteiger partial charge is 0.464 e. The maximum Gasteiger partial charge on any atom is 0.329 e. The quantitative estimate of drug-likeness (QED) is 0.344. The Morgan fingerprint density at radius 1 is 0.950 bits per heavy atom. The first-order valence-electron chi connectivity index (χ1n) is 6.32. The molecule has 0 saturated heterocycles. The number of carbonyl (C=O) groups is 2. The fraction of sp³-hybridized carbons (Fsp3) is 0.667. The first-order valence-corrected chi connectivity index (χ1v) is 7.59. The lowest BCUT2D eigenvalue weighted by Gasteiger charge is -2.15. The van der Waals surface area contributed by atoms with Gasteiger partial charge in [-0.2, -0.15) is 25.3 Å². The lowest BCUT2D eigenvalue weighted by Crippen LogP contribution is -2.39. The number of carbonyl (C=O) groups excluding carboxylic acids is 2. The van der Waals surface area contributed by atoms with Crippen molar-refractivity contribution in [2.75, 3.05) is 24.7 Å². The second-order valence-corrected chi connectivity index (χ2v) is 4.37. The number of thiol groups is 2. The zero-order valence-electron chi connectivity index (χ0n) is 11.7. The van der Waals surface area contributed by atoms with Gasteiger partial charge in [-0.3, -0.25) is 0 Å². The van der Waals surface area contributed by atoms with Crippen LogP contribution in [0.1, 0.15) is 13.8 Å². The summed E-state index contributed by atoms with van der Waals surface area (Å²) in [6.07, 6.45) is 3.04. The van der Waals surface area contributed by atoms with Gasteiger partial charge in [0.1, 0.15) is 12.1 Å². The van der Waals surface area contributed by atoms with Crippen LogP contribution in [0.3, 0.4) is 0 Å². The molecule has 0 saturated carbocycles. The normalized spacial score (nSPS) is 13.6. The van der Waals surface area contributed by atoms with Crippen LogP contribution in [-0.2, 0) is 19.1 Å². The average Bonchev–Trinajstić information content (AvgIpc) is 2.43. The smallest absolute Gasteiger partial charge is 0.329 e. The zero-order chi connectivity index (χ0) is 15.4. The van der Waals surface area contributed by atoms with Crippen LogP contribution in [0, 0.1) is 0 Å². The average molecular weight is 322 g/mol. The summed E-state index contributed by atoms with van der Waals surface area (Å²) in [7, 11) is 0. The van der Waals surface area contributed by atoms with Gasteiger partial charge in [-0.05, 0) is 13.8 Å². The summed E-state index contributed by atoms with van der Waals surface area (Å²) < 4.78 is 9.75. The van der Waals surface area contributed by atoms with E-state index in [0.717, 1.165) is 0 Å². The van der Waals surface area contributed by atoms with Crippen LogP contribution >= 0.6 is 25.3 Å². The SMILES string of the molecule is CCOC(=O)[C@H](CS)N/C=C/N[C@@H](CS)C(=O)OCC. The summed E-state index contributed by atoms with van der Waals surface area (Å²) in [5.41, 5.74) is 0. The molecule has 0 aromatic rings. The fourth-order valence-electron chi connectivity index (χ4n) is 1.20. The molecule has 20 heavy (non-hydrogen) atoms. The van der Waals surface area contributed by atoms with Gasteiger partial charge in [-0.25, -0.2) is 9.59 Å². The maximum absolute atomic E-state index is 11.5. The summed E-state index contributed by atoms with van der Waals surface area (Å²) in [5, 5.41) is 5.67. The minimum Gasteiger partial charge on any atom is -0.464 e. The van der Waals surface area contributed by atoms with Crippen molar-refractivity contribution in [3.63, 3.8) is 0 Å². The molecule has 0 aliphatic rings. The Kier molecular flexibility index (Phi) is 11.2. The predicted octanol–water partition coefficient (Wildman–Crippen LogP) is 0.360. The van der Waals surface area contributed by atoms with E-state index in [1.165, 1.54) is 12.4 Å². The minimum atomic E-state index is -0.534. The Labute approximate surface area is 130 Å². The van der Waals surface area contributed by atoms with E-state index in [4.69, 9.17) is 9.47 Å². The van der Waals surface area contributed by atoms with Crippen LogP contribution in [-0.4, -0.2) is 48.7 Å². The predicted molar refractivity (Wildman–Crippen MR) is 84.0 cm³/mol. The van der Waals surface area contributed by atoms with Gasteiger partial charge in [0.05, 0.1) is 13.2 Å². The number of ether oxygens (including phenoxy) is 2. The molecular weight excluding hydrogens is 300 g/mol. The molecule has 0 amide bonds. The number of nitrogens with one attached hydrogen (secondary N) is 2. The first kappa shape index (κ1) is 19.0. The molecule has 0 unspecified atom stereocenters. The monoisotopic (exact) mass is 322 g/mol. The molecule has 0 aromatic carbocycles. The first-order chi connectivity index (χ1) is 9.60. The highest BCUT2D eigenvalue weighted by Gasteiger charge is 2.17. The van der Waals surface area contributed by atoms with Gasteiger partial charge < -0.3 is 20.1 Å². The number of esters is 2. The molecule has 0 radical (unpaired) electrons. The fourth-order valence-corrected chi connectivity index (χ4v) is 1.71. The van der Waals surface area contributed by atoms with Crippen molar-refractivity contribution in [3.8, 4) is 0 Å². The number of rotatable bonds is 10. The highest BCUT2D eigenvalue weighted by molar-refractivity contribution is 7.80. The zero-order valence-corrected chi connectivity index (χ0v) is 13.5. The molecule has 6 nitrogen and oxygen atoms in total. The highest BCUT2D eigenvalue weighted by atomic mass is 32.1. The number of hydrogen-bond donors (Lipinski definition) is 4. The van der Waals surface area contributed by atoms with E-state index < -0.39 is 12.1 Å². The van der Waals surface area contributed by atoms with Crippen LogP contribution in [0.25, 0.3) is 0 Å². The summed E-state index contributed by atoms with van der Waals surface area (Å²) in [5.74, 6) is -0.139. The van der Waals surface area contributed by atoms with E-state index in [0.29, 0.717) is 24.7 Å². The Hall–Kier alpha value is -1.02. The highest BCUT2D eigenvalue weighted by Crippen LogP contribution is 1.94. The van der Waals surface area contributed by atoms with Crippen molar-refractivity contribution in [1.82, 2.24) is 10.6 Å². The van der Waals surface area contributed by atoms with E-state index in [9.17, 15) is 9.59 Å². The Bertz CT molecular complexity index is 297. The van der Waals surface area contributed by atoms with E-state index in [-0.39, 0.29) is 11.9 Å². The van der Waals surface area contributed by atoms with E-state index in [1.54, 1.807) is 13.8 Å². The standard InChI is InChI=1S/C12H22N2O4S2/c1-3-17-11(15)9(7-19)13-5-6-14-10(8-20)12(16)18-4-2/h5-6,9-10,13-14,19-20H,3-4,7-8H2,1-2H3/b6-5+/t9-,10-/m0/s1. The van der Waals surface area contributed by atoms with E-state index in [2.05, 4.69) is 35.9 Å². The van der Waals surface area contributed by atoms with Crippen LogP contribution < -0.4 is 10.6 Å². The van der Waals surface area contributed by atoms with E-state index >= 15 is 0 Å². The lowest BCUT2D eigenvalue weighted by atomic mass is 10.3. The van der Waals surface area contributed by atoms with Crippen molar-refractivity contribution in [3.05, 3.63) is 12.4 Å². The van der Waals surface area contributed by atoms with Crippen molar-refractivity contribution < 1.29 is 19.1 Å². The third-order valence-corrected chi connectivity index (χ3v) is 2.92. The topological polar surface area (TPSA) is 76.7 Å². The molecule has 0 fully saturated rings. The Morgan fingerprint density at radius 3 is 1.55 bits per heavy atom. The molecule has 0 aliphatic carbocycles. The van der Waals surface area contributed by atoms with Crippen molar-refractivity contribution in [2.24, 2.45) is 0 Å². The van der Waals surface area contributed by atoms with E-state index in [1.807, 2.05) is 0 Å². The summed E-state index contributed by atoms with van der Waals surface area (Å²) >= 11 is 8.13. The maximum atomic E-state index is 11.5. The van der Waals surface area contributed by atoms with Gasteiger partial charge in [-0.1, -0.05) is 0 Å². The van der Waals surface area contributed by atoms with Crippen molar-refractivity contribution in [1.29, 1.82) is 0 Å². The Balaban J connectivity index is 4.21. The van der Waals surface area contributed by atoms with Crippen LogP contribution in [0.2, 0.25) is 0 Å². The summed E-state index contributed by atoms with van der Waals surface area (Å²) in [4.78, 5) is 23.0. The molecule has 116 valence electrons. The molecule has 0 rings (SSSR count). The molecule has 8 heteroatoms. The van der Waals surface area contributed by atoms with Crippen molar-refractivity contribution in [2.45, 2.75) is 25.9 Å². The summed E-state index contributed by atoms with van der Waals surface area (Å²) in [6.45, 7) is 4.11. The molecule has 0 spiro atoms.